The normalized spacial score (nSPS) is 11.8. The second kappa shape index (κ2) is 9.16. The summed E-state index contributed by atoms with van der Waals surface area (Å²) in [5.74, 6) is -0.826. The summed E-state index contributed by atoms with van der Waals surface area (Å²) in [6, 6.07) is 0. The average Bonchev–Trinajstić information content (AvgIpc) is 1.97. The molecular weight excluding hydrogens is 147 g/mol. The number of carbonyl (C=O) groups is 1. The summed E-state index contributed by atoms with van der Waals surface area (Å²) >= 11 is 0. The van der Waals surface area contributed by atoms with E-state index in [9.17, 15) is 4.79 Å². The van der Waals surface area contributed by atoms with Gasteiger partial charge in [-0.05, 0) is 6.42 Å². The first kappa shape index (κ1) is 14.6. The summed E-state index contributed by atoms with van der Waals surface area (Å²) in [4.78, 5) is 10.4. The first-order valence-electron chi connectivity index (χ1n) is 4.41. The molecule has 3 heteroatoms. The van der Waals surface area contributed by atoms with Crippen molar-refractivity contribution in [3.05, 3.63) is 0 Å². The van der Waals surface area contributed by atoms with Crippen molar-refractivity contribution in [3.63, 3.8) is 0 Å². The van der Waals surface area contributed by atoms with Crippen LogP contribution in [0.15, 0.2) is 0 Å². The molecule has 0 aliphatic rings. The van der Waals surface area contributed by atoms with Crippen molar-refractivity contribution in [1.29, 1.82) is 0 Å². The molecule has 0 bridgehead atoms. The van der Waals surface area contributed by atoms with Crippen molar-refractivity contribution in [2.24, 2.45) is 5.92 Å². The van der Waals surface area contributed by atoms with Gasteiger partial charge in [0.25, 0.3) is 0 Å². The van der Waals surface area contributed by atoms with E-state index in [1.54, 1.807) is 6.92 Å². The molecule has 0 aliphatic carbocycles. The van der Waals surface area contributed by atoms with Crippen molar-refractivity contribution in [2.45, 2.75) is 46.0 Å². The Morgan fingerprint density at radius 1 is 1.33 bits per heavy atom. The minimum atomic E-state index is -0.665. The quantitative estimate of drug-likeness (QED) is 0.484. The summed E-state index contributed by atoms with van der Waals surface area (Å²) in [5, 5.41) is 8.54. The minimum absolute atomic E-state index is 0. The van der Waals surface area contributed by atoms with Crippen LogP contribution in [0.2, 0.25) is 0 Å². The Labute approximate surface area is 86.9 Å². The van der Waals surface area contributed by atoms with Gasteiger partial charge in [-0.2, -0.15) is 0 Å². The Morgan fingerprint density at radius 2 is 1.92 bits per heavy atom. The van der Waals surface area contributed by atoms with E-state index in [1.807, 2.05) is 0 Å². The predicted octanol–water partition coefficient (Wildman–Crippen LogP) is 2.30. The molecule has 1 unspecified atom stereocenters. The zero-order chi connectivity index (χ0) is 8.69. The third-order valence-corrected chi connectivity index (χ3v) is 1.91. The number of hydrogen-bond acceptors (Lipinski definition) is 1. The van der Waals surface area contributed by atoms with E-state index >= 15 is 0 Å². The number of rotatable bonds is 6. The van der Waals surface area contributed by atoms with Crippen molar-refractivity contribution in [2.75, 3.05) is 0 Å². The molecule has 0 rings (SSSR count). The maximum atomic E-state index is 10.4. The van der Waals surface area contributed by atoms with E-state index in [-0.39, 0.29) is 24.8 Å². The molecule has 67 valence electrons. The third-order valence-electron chi connectivity index (χ3n) is 1.91. The van der Waals surface area contributed by atoms with Crippen molar-refractivity contribution >= 4 is 24.8 Å². The van der Waals surface area contributed by atoms with E-state index < -0.39 is 5.97 Å². The molecule has 0 saturated carbocycles. The second-order valence-electron chi connectivity index (χ2n) is 3.09. The van der Waals surface area contributed by atoms with Crippen molar-refractivity contribution < 1.29 is 9.90 Å². The van der Waals surface area contributed by atoms with Gasteiger partial charge in [0.1, 0.15) is 0 Å². The molecule has 2 nitrogen and oxygen atoms in total. The standard InChI is InChI=1S/C9H18O2.Li/c1-3-4-5-6-7-8(2)9(10)11;/h8H,3-7H2,1-2H3,(H,10,11);. The Morgan fingerprint density at radius 3 is 2.33 bits per heavy atom. The number of hydrogen-bond donors (Lipinski definition) is 1. The fourth-order valence-electron chi connectivity index (χ4n) is 1.00. The molecule has 0 aromatic rings. The van der Waals surface area contributed by atoms with Crippen LogP contribution in [0.4, 0.5) is 0 Å². The van der Waals surface area contributed by atoms with Crippen LogP contribution in [0.3, 0.4) is 0 Å². The third kappa shape index (κ3) is 8.17. The summed E-state index contributed by atoms with van der Waals surface area (Å²) in [6.45, 7) is 3.93. The molecule has 1 atom stereocenters. The first-order chi connectivity index (χ1) is 5.18. The van der Waals surface area contributed by atoms with Crippen molar-refractivity contribution in [3.8, 4) is 0 Å². The minimum Gasteiger partial charge on any atom is -0.481 e. The fourth-order valence-corrected chi connectivity index (χ4v) is 1.00. The molecule has 1 N–H and O–H groups in total. The van der Waals surface area contributed by atoms with Gasteiger partial charge in [0.05, 0.1) is 5.92 Å². The summed E-state index contributed by atoms with van der Waals surface area (Å²) in [5.41, 5.74) is 0. The van der Waals surface area contributed by atoms with E-state index in [0.717, 1.165) is 12.8 Å². The van der Waals surface area contributed by atoms with Crippen LogP contribution in [-0.2, 0) is 4.79 Å². The first-order valence-corrected chi connectivity index (χ1v) is 4.41. The van der Waals surface area contributed by atoms with Gasteiger partial charge in [-0.3, -0.25) is 4.79 Å². The van der Waals surface area contributed by atoms with E-state index in [0.29, 0.717) is 0 Å². The zero-order valence-corrected chi connectivity index (χ0v) is 8.47. The van der Waals surface area contributed by atoms with Crippen LogP contribution >= 0.6 is 0 Å². The molecule has 0 fully saturated rings. The molecule has 0 spiro atoms. The Hall–Kier alpha value is 0.0674. The second-order valence-corrected chi connectivity index (χ2v) is 3.09. The Balaban J connectivity index is 0. The molecule has 0 amide bonds. The van der Waals surface area contributed by atoms with Gasteiger partial charge in [0.2, 0.25) is 0 Å². The predicted molar refractivity (Wildman–Crippen MR) is 51.3 cm³/mol. The van der Waals surface area contributed by atoms with Crippen LogP contribution in [0.25, 0.3) is 0 Å². The van der Waals surface area contributed by atoms with Gasteiger partial charge in [0, 0.05) is 18.9 Å². The Kier molecular flexibility index (Phi) is 11.1. The summed E-state index contributed by atoms with van der Waals surface area (Å²) in [6.07, 6.45) is 5.50. The monoisotopic (exact) mass is 165 g/mol. The van der Waals surface area contributed by atoms with Gasteiger partial charge in [0.15, 0.2) is 0 Å². The van der Waals surface area contributed by atoms with E-state index in [2.05, 4.69) is 6.92 Å². The fraction of sp³-hybridized carbons (Fsp3) is 0.889. The largest absolute Gasteiger partial charge is 0.481 e. The zero-order valence-electron chi connectivity index (χ0n) is 8.47. The van der Waals surface area contributed by atoms with Crippen LogP contribution in [-0.4, -0.2) is 29.9 Å². The molecule has 0 saturated heterocycles. The van der Waals surface area contributed by atoms with Crippen LogP contribution in [0, 0.1) is 5.92 Å². The van der Waals surface area contributed by atoms with Crippen LogP contribution in [0.1, 0.15) is 46.0 Å². The van der Waals surface area contributed by atoms with Gasteiger partial charge >= 0.3 is 5.97 Å². The maximum Gasteiger partial charge on any atom is 0.306 e. The molecule has 0 aromatic heterocycles. The van der Waals surface area contributed by atoms with Crippen LogP contribution in [0.5, 0.6) is 0 Å². The number of carboxylic acids is 1. The molecule has 1 radical (unpaired) electrons. The maximum absolute atomic E-state index is 10.4. The Bertz CT molecular complexity index is 115. The summed E-state index contributed by atoms with van der Waals surface area (Å²) in [7, 11) is 0. The van der Waals surface area contributed by atoms with E-state index in [1.165, 1.54) is 19.3 Å². The van der Waals surface area contributed by atoms with Gasteiger partial charge in [-0.15, -0.1) is 0 Å². The molecule has 12 heavy (non-hydrogen) atoms. The number of aliphatic carboxylic acids is 1. The van der Waals surface area contributed by atoms with E-state index in [4.69, 9.17) is 5.11 Å². The number of carboxylic acid groups (broad SMARTS) is 1. The molecular formula is C9H18LiO2. The average molecular weight is 165 g/mol. The van der Waals surface area contributed by atoms with Gasteiger partial charge in [-0.25, -0.2) is 0 Å². The van der Waals surface area contributed by atoms with Crippen molar-refractivity contribution in [1.82, 2.24) is 0 Å². The van der Waals surface area contributed by atoms with Gasteiger partial charge in [-0.1, -0.05) is 39.5 Å². The number of unbranched alkanes of at least 4 members (excludes halogenated alkanes) is 3. The molecule has 0 aliphatic heterocycles. The molecule has 0 heterocycles. The summed E-state index contributed by atoms with van der Waals surface area (Å²) < 4.78 is 0. The smallest absolute Gasteiger partial charge is 0.306 e. The topological polar surface area (TPSA) is 37.3 Å². The van der Waals surface area contributed by atoms with Gasteiger partial charge < -0.3 is 5.11 Å². The SMILES string of the molecule is CCCCCCC(C)C(=O)O.[Li]. The van der Waals surface area contributed by atoms with Crippen LogP contribution < -0.4 is 0 Å². The molecule has 0 aromatic carbocycles.